The third-order valence-corrected chi connectivity index (χ3v) is 5.22. The van der Waals surface area contributed by atoms with E-state index in [1.807, 2.05) is 16.4 Å². The van der Waals surface area contributed by atoms with Crippen LogP contribution in [0.5, 0.6) is 0 Å². The summed E-state index contributed by atoms with van der Waals surface area (Å²) in [5.74, 6) is 2.78. The van der Waals surface area contributed by atoms with Crippen molar-refractivity contribution in [3.8, 4) is 0 Å². The van der Waals surface area contributed by atoms with Crippen molar-refractivity contribution in [2.24, 2.45) is 11.7 Å². The number of rotatable bonds is 4. The molecule has 2 aliphatic heterocycles. The number of fused-ring (bicyclic) bond motifs is 1. The Kier molecular flexibility index (Phi) is 3.79. The summed E-state index contributed by atoms with van der Waals surface area (Å²) in [6.45, 7) is 1.95. The van der Waals surface area contributed by atoms with E-state index in [9.17, 15) is 4.79 Å². The van der Waals surface area contributed by atoms with Crippen LogP contribution in [0.3, 0.4) is 0 Å². The summed E-state index contributed by atoms with van der Waals surface area (Å²) < 4.78 is 1.96. The number of carbonyl (C=O) groups excluding carboxylic acids is 1. The average molecular weight is 280 g/mol. The van der Waals surface area contributed by atoms with Crippen LogP contribution in [0.2, 0.25) is 0 Å². The number of hydrogen-bond acceptors (Lipinski definition) is 4. The molecule has 104 valence electrons. The summed E-state index contributed by atoms with van der Waals surface area (Å²) in [7, 11) is 0. The first-order chi connectivity index (χ1) is 9.24. The lowest BCUT2D eigenvalue weighted by Gasteiger charge is -2.25. The lowest BCUT2D eigenvalue weighted by Crippen LogP contribution is -2.36. The highest BCUT2D eigenvalue weighted by Gasteiger charge is 2.24. The van der Waals surface area contributed by atoms with E-state index >= 15 is 0 Å². The second-order valence-electron chi connectivity index (χ2n) is 5.42. The number of nitrogens with one attached hydrogen (secondary N) is 1. The minimum Gasteiger partial charge on any atom is -0.365 e. The fourth-order valence-electron chi connectivity index (χ4n) is 2.91. The molecule has 0 saturated carbocycles. The molecule has 3 heterocycles. The Bertz CT molecular complexity index is 467. The zero-order chi connectivity index (χ0) is 13.2. The molecule has 2 unspecified atom stereocenters. The topological polar surface area (TPSA) is 72.9 Å². The molecule has 3 rings (SSSR count). The summed E-state index contributed by atoms with van der Waals surface area (Å²) in [4.78, 5) is 11.3. The van der Waals surface area contributed by atoms with E-state index < -0.39 is 0 Å². The second-order valence-corrected chi connectivity index (χ2v) is 6.57. The van der Waals surface area contributed by atoms with Crippen molar-refractivity contribution in [2.45, 2.75) is 31.8 Å². The fraction of sp³-hybridized carbons (Fsp3) is 0.692. The minimum absolute atomic E-state index is 0.360. The molecule has 1 aromatic heterocycles. The summed E-state index contributed by atoms with van der Waals surface area (Å²) in [6.07, 6.45) is 4.92. The zero-order valence-corrected chi connectivity index (χ0v) is 11.8. The molecule has 0 spiro atoms. The first kappa shape index (κ1) is 13.0. The molecule has 2 atom stereocenters. The van der Waals surface area contributed by atoms with E-state index in [1.54, 1.807) is 6.20 Å². The van der Waals surface area contributed by atoms with Gasteiger partial charge in [-0.2, -0.15) is 16.9 Å². The number of primary amides is 1. The van der Waals surface area contributed by atoms with Crippen LogP contribution in [0.15, 0.2) is 6.20 Å². The Balaban J connectivity index is 1.58. The molecule has 1 amide bonds. The molecule has 19 heavy (non-hydrogen) atoms. The summed E-state index contributed by atoms with van der Waals surface area (Å²) in [6, 6.07) is 0.685. The van der Waals surface area contributed by atoms with Crippen LogP contribution in [-0.4, -0.2) is 39.8 Å². The van der Waals surface area contributed by atoms with Crippen LogP contribution in [0.4, 0.5) is 0 Å². The Morgan fingerprint density at radius 1 is 1.58 bits per heavy atom. The number of carbonyl (C=O) groups is 1. The average Bonchev–Trinajstić information content (AvgIpc) is 3.05. The van der Waals surface area contributed by atoms with E-state index in [0.29, 0.717) is 17.5 Å². The van der Waals surface area contributed by atoms with E-state index in [-0.39, 0.29) is 5.91 Å². The normalized spacial score (nSPS) is 26.3. The highest BCUT2D eigenvalue weighted by molar-refractivity contribution is 7.99. The summed E-state index contributed by atoms with van der Waals surface area (Å²) in [5, 5.41) is 7.95. The lowest BCUT2D eigenvalue weighted by molar-refractivity contribution is 0.0998. The van der Waals surface area contributed by atoms with Gasteiger partial charge in [-0.05, 0) is 30.9 Å². The van der Waals surface area contributed by atoms with Gasteiger partial charge in [0.2, 0.25) is 0 Å². The Morgan fingerprint density at radius 3 is 3.21 bits per heavy atom. The molecule has 1 aromatic rings. The van der Waals surface area contributed by atoms with Gasteiger partial charge in [0.15, 0.2) is 0 Å². The standard InChI is InChI=1S/C13H20N4OS/c14-13(18)11-6-16-17-7-9(1-2-12(11)17)5-15-10-3-4-19-8-10/h6,9-10,15H,1-5,7-8H2,(H2,14,18). The Labute approximate surface area is 117 Å². The van der Waals surface area contributed by atoms with Gasteiger partial charge in [-0.15, -0.1) is 0 Å². The minimum atomic E-state index is -0.360. The summed E-state index contributed by atoms with van der Waals surface area (Å²) in [5.41, 5.74) is 6.96. The van der Waals surface area contributed by atoms with Gasteiger partial charge in [-0.3, -0.25) is 9.48 Å². The van der Waals surface area contributed by atoms with Gasteiger partial charge in [-0.1, -0.05) is 0 Å². The molecular weight excluding hydrogens is 260 g/mol. The second kappa shape index (κ2) is 5.54. The quantitative estimate of drug-likeness (QED) is 0.849. The fourth-order valence-corrected chi connectivity index (χ4v) is 4.10. The number of nitrogens with zero attached hydrogens (tertiary/aromatic N) is 2. The predicted octanol–water partition coefficient (Wildman–Crippen LogP) is 0.639. The SMILES string of the molecule is NC(=O)c1cnn2c1CCC(CNC1CCSC1)C2. The highest BCUT2D eigenvalue weighted by Crippen LogP contribution is 2.23. The van der Waals surface area contributed by atoms with Crippen LogP contribution < -0.4 is 11.1 Å². The third kappa shape index (κ3) is 2.79. The molecule has 0 bridgehead atoms. The smallest absolute Gasteiger partial charge is 0.252 e. The lowest BCUT2D eigenvalue weighted by atomic mass is 9.96. The molecule has 5 nitrogen and oxygen atoms in total. The van der Waals surface area contributed by atoms with Gasteiger partial charge in [0.05, 0.1) is 17.5 Å². The Hall–Kier alpha value is -1.01. The molecule has 0 aliphatic carbocycles. The van der Waals surface area contributed by atoms with Crippen molar-refractivity contribution in [1.82, 2.24) is 15.1 Å². The van der Waals surface area contributed by atoms with Gasteiger partial charge < -0.3 is 11.1 Å². The van der Waals surface area contributed by atoms with Crippen molar-refractivity contribution >= 4 is 17.7 Å². The van der Waals surface area contributed by atoms with Crippen LogP contribution in [0, 0.1) is 5.92 Å². The van der Waals surface area contributed by atoms with Crippen LogP contribution in [0.1, 0.15) is 28.9 Å². The molecule has 3 N–H and O–H groups in total. The van der Waals surface area contributed by atoms with Crippen molar-refractivity contribution in [2.75, 3.05) is 18.1 Å². The molecule has 2 aliphatic rings. The molecule has 1 saturated heterocycles. The van der Waals surface area contributed by atoms with Crippen molar-refractivity contribution in [3.63, 3.8) is 0 Å². The van der Waals surface area contributed by atoms with Gasteiger partial charge in [0.25, 0.3) is 5.91 Å². The van der Waals surface area contributed by atoms with Crippen molar-refractivity contribution in [1.29, 1.82) is 0 Å². The third-order valence-electron chi connectivity index (χ3n) is 4.06. The van der Waals surface area contributed by atoms with E-state index in [1.165, 1.54) is 17.9 Å². The van der Waals surface area contributed by atoms with Crippen molar-refractivity contribution < 1.29 is 4.79 Å². The van der Waals surface area contributed by atoms with Gasteiger partial charge in [-0.25, -0.2) is 0 Å². The van der Waals surface area contributed by atoms with E-state index in [4.69, 9.17) is 5.73 Å². The predicted molar refractivity (Wildman–Crippen MR) is 76.3 cm³/mol. The zero-order valence-electron chi connectivity index (χ0n) is 11.0. The Morgan fingerprint density at radius 2 is 2.47 bits per heavy atom. The maximum Gasteiger partial charge on any atom is 0.252 e. The largest absolute Gasteiger partial charge is 0.365 e. The number of nitrogens with two attached hydrogens (primary N) is 1. The number of aromatic nitrogens is 2. The molecule has 0 aromatic carbocycles. The number of amides is 1. The molecule has 1 fully saturated rings. The van der Waals surface area contributed by atoms with Crippen LogP contribution in [-0.2, 0) is 13.0 Å². The van der Waals surface area contributed by atoms with E-state index in [2.05, 4.69) is 10.4 Å². The number of thioether (sulfide) groups is 1. The maximum absolute atomic E-state index is 11.3. The molecule has 6 heteroatoms. The van der Waals surface area contributed by atoms with Crippen LogP contribution >= 0.6 is 11.8 Å². The van der Waals surface area contributed by atoms with Gasteiger partial charge in [0, 0.05) is 24.9 Å². The monoisotopic (exact) mass is 280 g/mol. The van der Waals surface area contributed by atoms with Gasteiger partial charge in [0.1, 0.15) is 0 Å². The molecular formula is C13H20N4OS. The van der Waals surface area contributed by atoms with Crippen molar-refractivity contribution in [3.05, 3.63) is 17.5 Å². The summed E-state index contributed by atoms with van der Waals surface area (Å²) >= 11 is 2.03. The molecule has 0 radical (unpaired) electrons. The van der Waals surface area contributed by atoms with Gasteiger partial charge >= 0.3 is 0 Å². The first-order valence-corrected chi connectivity index (χ1v) is 8.05. The highest BCUT2D eigenvalue weighted by atomic mass is 32.2. The number of hydrogen-bond donors (Lipinski definition) is 2. The van der Waals surface area contributed by atoms with Crippen LogP contribution in [0.25, 0.3) is 0 Å². The maximum atomic E-state index is 11.3. The first-order valence-electron chi connectivity index (χ1n) is 6.89. The van der Waals surface area contributed by atoms with E-state index in [0.717, 1.165) is 31.6 Å².